The monoisotopic (exact) mass is 132 g/mol. The number of nitrogens with two attached hydrogens (primary N) is 1. The van der Waals surface area contributed by atoms with Crippen LogP contribution in [0.25, 0.3) is 0 Å². The number of hydrogen-bond acceptors (Lipinski definition) is 3. The lowest BCUT2D eigenvalue weighted by Gasteiger charge is -2.06. The van der Waals surface area contributed by atoms with Crippen LogP contribution in [0.15, 0.2) is 0 Å². The summed E-state index contributed by atoms with van der Waals surface area (Å²) in [5, 5.41) is 2.41. The molecular formula is C5H12N2O2. The third-order valence-electron chi connectivity index (χ3n) is 0.929. The Labute approximate surface area is 54.4 Å². The Balaban J connectivity index is 3.45. The van der Waals surface area contributed by atoms with Gasteiger partial charge >= 0.3 is 0 Å². The molecule has 0 heterocycles. The molecule has 9 heavy (non-hydrogen) atoms. The Morgan fingerprint density at radius 2 is 2.44 bits per heavy atom. The highest BCUT2D eigenvalue weighted by Gasteiger charge is 2.09. The van der Waals surface area contributed by atoms with Crippen LogP contribution in [0.2, 0.25) is 0 Å². The number of methoxy groups -OCH3 is 1. The van der Waals surface area contributed by atoms with E-state index >= 15 is 0 Å². The van der Waals surface area contributed by atoms with E-state index in [1.807, 2.05) is 0 Å². The quantitative estimate of drug-likeness (QED) is 0.502. The van der Waals surface area contributed by atoms with Crippen LogP contribution < -0.4 is 11.1 Å². The predicted molar refractivity (Wildman–Crippen MR) is 33.9 cm³/mol. The van der Waals surface area contributed by atoms with E-state index in [0.717, 1.165) is 0 Å². The number of carbonyl (C=O) groups excluding carboxylic acids is 1. The fraction of sp³-hybridized carbons (Fsp3) is 0.800. The first kappa shape index (κ1) is 8.39. The Kier molecular flexibility index (Phi) is 4.00. The van der Waals surface area contributed by atoms with E-state index in [-0.39, 0.29) is 12.5 Å². The topological polar surface area (TPSA) is 64.4 Å². The molecule has 0 aliphatic carbocycles. The molecule has 4 heteroatoms. The molecule has 54 valence electrons. The Bertz CT molecular complexity index is 95.0. The van der Waals surface area contributed by atoms with E-state index in [9.17, 15) is 4.79 Å². The second kappa shape index (κ2) is 4.29. The van der Waals surface area contributed by atoms with Gasteiger partial charge in [-0.25, -0.2) is 0 Å². The van der Waals surface area contributed by atoms with Gasteiger partial charge in [-0.05, 0) is 0 Å². The summed E-state index contributed by atoms with van der Waals surface area (Å²) >= 11 is 0. The molecule has 0 radical (unpaired) electrons. The van der Waals surface area contributed by atoms with Crippen molar-refractivity contribution in [3.05, 3.63) is 0 Å². The van der Waals surface area contributed by atoms with E-state index in [2.05, 4.69) is 10.1 Å². The van der Waals surface area contributed by atoms with Crippen LogP contribution >= 0.6 is 0 Å². The molecular weight excluding hydrogens is 120 g/mol. The Hall–Kier alpha value is -0.610. The van der Waals surface area contributed by atoms with E-state index in [1.54, 1.807) is 0 Å². The van der Waals surface area contributed by atoms with E-state index in [0.29, 0.717) is 0 Å². The zero-order valence-electron chi connectivity index (χ0n) is 5.68. The summed E-state index contributed by atoms with van der Waals surface area (Å²) < 4.78 is 4.64. The minimum atomic E-state index is -0.542. The standard InChI is InChI=1S/C5H12N2O2/c1-7-5(8)4(6)3-9-2/h4H,3,6H2,1-2H3,(H,7,8)/t4-/m0/s1. The maximum atomic E-state index is 10.6. The number of amides is 1. The molecule has 0 rings (SSSR count). The van der Waals surface area contributed by atoms with Crippen LogP contribution in [-0.4, -0.2) is 32.7 Å². The van der Waals surface area contributed by atoms with Gasteiger partial charge in [0.05, 0.1) is 6.61 Å². The summed E-state index contributed by atoms with van der Waals surface area (Å²) in [5.41, 5.74) is 5.30. The summed E-state index contributed by atoms with van der Waals surface area (Å²) in [6.07, 6.45) is 0. The first-order chi connectivity index (χ1) is 4.22. The average molecular weight is 132 g/mol. The molecule has 0 saturated carbocycles. The normalized spacial score (nSPS) is 12.8. The molecule has 0 spiro atoms. The SMILES string of the molecule is CNC(=O)[C@@H](N)COC. The van der Waals surface area contributed by atoms with Gasteiger partial charge in [-0.15, -0.1) is 0 Å². The minimum Gasteiger partial charge on any atom is -0.383 e. The third kappa shape index (κ3) is 3.05. The molecule has 0 aliphatic rings. The smallest absolute Gasteiger partial charge is 0.239 e. The number of hydrogen-bond donors (Lipinski definition) is 2. The van der Waals surface area contributed by atoms with Crippen LogP contribution in [0, 0.1) is 0 Å². The highest BCUT2D eigenvalue weighted by molar-refractivity contribution is 5.81. The number of nitrogens with one attached hydrogen (secondary N) is 1. The van der Waals surface area contributed by atoms with Crippen molar-refractivity contribution in [2.24, 2.45) is 5.73 Å². The highest BCUT2D eigenvalue weighted by Crippen LogP contribution is 1.77. The number of carbonyl (C=O) groups is 1. The van der Waals surface area contributed by atoms with Crippen LogP contribution in [0.3, 0.4) is 0 Å². The molecule has 3 N–H and O–H groups in total. The Morgan fingerprint density at radius 3 is 2.78 bits per heavy atom. The fourth-order valence-electron chi connectivity index (χ4n) is 0.441. The maximum Gasteiger partial charge on any atom is 0.239 e. The summed E-state index contributed by atoms with van der Waals surface area (Å²) in [7, 11) is 3.04. The van der Waals surface area contributed by atoms with Gasteiger partial charge in [0.2, 0.25) is 5.91 Å². The summed E-state index contributed by atoms with van der Waals surface area (Å²) in [5.74, 6) is -0.197. The maximum absolute atomic E-state index is 10.6. The molecule has 0 aliphatic heterocycles. The second-order valence-corrected chi connectivity index (χ2v) is 1.68. The summed E-state index contributed by atoms with van der Waals surface area (Å²) in [6.45, 7) is 0.264. The highest BCUT2D eigenvalue weighted by atomic mass is 16.5. The largest absolute Gasteiger partial charge is 0.383 e. The molecule has 0 bridgehead atoms. The van der Waals surface area contributed by atoms with Crippen molar-refractivity contribution in [3.63, 3.8) is 0 Å². The van der Waals surface area contributed by atoms with Crippen LogP contribution in [0.1, 0.15) is 0 Å². The zero-order chi connectivity index (χ0) is 7.28. The van der Waals surface area contributed by atoms with Crippen LogP contribution in [-0.2, 0) is 9.53 Å². The lowest BCUT2D eigenvalue weighted by atomic mass is 10.3. The molecule has 1 atom stereocenters. The first-order valence-corrected chi connectivity index (χ1v) is 2.68. The number of rotatable bonds is 3. The molecule has 0 saturated heterocycles. The van der Waals surface area contributed by atoms with Crippen molar-refractivity contribution in [2.75, 3.05) is 20.8 Å². The van der Waals surface area contributed by atoms with Gasteiger partial charge in [0, 0.05) is 14.2 Å². The number of likely N-dealkylation sites (N-methyl/N-ethyl adjacent to an activating group) is 1. The van der Waals surface area contributed by atoms with Crippen LogP contribution in [0.5, 0.6) is 0 Å². The second-order valence-electron chi connectivity index (χ2n) is 1.68. The van der Waals surface area contributed by atoms with Crippen molar-refractivity contribution in [3.8, 4) is 0 Å². The molecule has 0 unspecified atom stereocenters. The van der Waals surface area contributed by atoms with Gasteiger partial charge in [-0.2, -0.15) is 0 Å². The lowest BCUT2D eigenvalue weighted by molar-refractivity contribution is -0.122. The van der Waals surface area contributed by atoms with E-state index < -0.39 is 6.04 Å². The van der Waals surface area contributed by atoms with Crippen LogP contribution in [0.4, 0.5) is 0 Å². The fourth-order valence-corrected chi connectivity index (χ4v) is 0.441. The van der Waals surface area contributed by atoms with Crippen molar-refractivity contribution < 1.29 is 9.53 Å². The van der Waals surface area contributed by atoms with Gasteiger partial charge < -0.3 is 15.8 Å². The first-order valence-electron chi connectivity index (χ1n) is 2.68. The van der Waals surface area contributed by atoms with Crippen molar-refractivity contribution in [1.29, 1.82) is 0 Å². The minimum absolute atomic E-state index is 0.197. The molecule has 0 aromatic carbocycles. The average Bonchev–Trinajstić information content (AvgIpc) is 1.87. The predicted octanol–water partition coefficient (Wildman–Crippen LogP) is -1.29. The van der Waals surface area contributed by atoms with Gasteiger partial charge in [-0.3, -0.25) is 4.79 Å². The molecule has 0 aromatic rings. The summed E-state index contributed by atoms with van der Waals surface area (Å²) in [6, 6.07) is -0.542. The van der Waals surface area contributed by atoms with Gasteiger partial charge in [-0.1, -0.05) is 0 Å². The lowest BCUT2D eigenvalue weighted by Crippen LogP contribution is -2.41. The molecule has 0 fully saturated rings. The zero-order valence-corrected chi connectivity index (χ0v) is 5.68. The third-order valence-corrected chi connectivity index (χ3v) is 0.929. The van der Waals surface area contributed by atoms with Gasteiger partial charge in [0.25, 0.3) is 0 Å². The van der Waals surface area contributed by atoms with E-state index in [4.69, 9.17) is 5.73 Å². The Morgan fingerprint density at radius 1 is 1.89 bits per heavy atom. The molecule has 4 nitrogen and oxygen atoms in total. The van der Waals surface area contributed by atoms with Crippen molar-refractivity contribution in [2.45, 2.75) is 6.04 Å². The van der Waals surface area contributed by atoms with Gasteiger partial charge in [0.15, 0.2) is 0 Å². The van der Waals surface area contributed by atoms with Crippen molar-refractivity contribution in [1.82, 2.24) is 5.32 Å². The summed E-state index contributed by atoms with van der Waals surface area (Å²) in [4.78, 5) is 10.6. The number of ether oxygens (including phenoxy) is 1. The molecule has 0 aromatic heterocycles. The van der Waals surface area contributed by atoms with Crippen molar-refractivity contribution >= 4 is 5.91 Å². The van der Waals surface area contributed by atoms with Gasteiger partial charge in [0.1, 0.15) is 6.04 Å². The van der Waals surface area contributed by atoms with E-state index in [1.165, 1.54) is 14.2 Å². The molecule has 1 amide bonds.